The lowest BCUT2D eigenvalue weighted by molar-refractivity contribution is -0.114. The highest BCUT2D eigenvalue weighted by Gasteiger charge is 2.17. The summed E-state index contributed by atoms with van der Waals surface area (Å²) in [6.45, 7) is 0. The van der Waals surface area contributed by atoms with Crippen LogP contribution in [-0.2, 0) is 4.79 Å². The molecule has 0 spiro atoms. The van der Waals surface area contributed by atoms with Gasteiger partial charge in [0.1, 0.15) is 5.75 Å². The Morgan fingerprint density at radius 3 is 2.76 bits per heavy atom. The summed E-state index contributed by atoms with van der Waals surface area (Å²) in [6.07, 6.45) is 4.96. The molecule has 7 heteroatoms. The minimum atomic E-state index is -0.267. The number of carbonyl (C=O) groups excluding carboxylic acids is 1. The van der Waals surface area contributed by atoms with Crippen LogP contribution in [0.3, 0.4) is 0 Å². The minimum Gasteiger partial charge on any atom is -0.497 e. The van der Waals surface area contributed by atoms with Crippen LogP contribution >= 0.6 is 22.7 Å². The van der Waals surface area contributed by atoms with E-state index in [0.717, 1.165) is 26.4 Å². The Labute approximate surface area is 176 Å². The SMILES string of the molecule is COc1ccc2nc(N(/N=C/c3ccccc3)C(=O)/C=C/c3cccs3)sc2c1. The third-order valence-electron chi connectivity index (χ3n) is 4.03. The van der Waals surface area contributed by atoms with Gasteiger partial charge in [-0.3, -0.25) is 4.79 Å². The highest BCUT2D eigenvalue weighted by Crippen LogP contribution is 2.32. The first-order chi connectivity index (χ1) is 14.2. The molecule has 1 amide bonds. The quantitative estimate of drug-likeness (QED) is 0.237. The number of thiazole rings is 1. The van der Waals surface area contributed by atoms with E-state index in [1.54, 1.807) is 30.7 Å². The third-order valence-corrected chi connectivity index (χ3v) is 5.86. The number of thiophene rings is 1. The molecule has 0 radical (unpaired) electrons. The van der Waals surface area contributed by atoms with Gasteiger partial charge in [0.05, 0.1) is 23.5 Å². The van der Waals surface area contributed by atoms with Crippen LogP contribution in [0.25, 0.3) is 16.3 Å². The molecule has 0 bridgehead atoms. The normalized spacial score (nSPS) is 11.5. The molecule has 0 saturated heterocycles. The summed E-state index contributed by atoms with van der Waals surface area (Å²) in [5.74, 6) is 0.479. The molecule has 29 heavy (non-hydrogen) atoms. The Bertz CT molecular complexity index is 1170. The summed E-state index contributed by atoms with van der Waals surface area (Å²) in [6, 6.07) is 19.2. The lowest BCUT2D eigenvalue weighted by atomic mass is 10.2. The van der Waals surface area contributed by atoms with Gasteiger partial charge in [0.2, 0.25) is 5.13 Å². The van der Waals surface area contributed by atoms with E-state index >= 15 is 0 Å². The lowest BCUT2D eigenvalue weighted by Crippen LogP contribution is -2.23. The van der Waals surface area contributed by atoms with E-state index in [1.165, 1.54) is 22.4 Å². The van der Waals surface area contributed by atoms with Gasteiger partial charge in [0.15, 0.2) is 0 Å². The number of anilines is 1. The van der Waals surface area contributed by atoms with Crippen LogP contribution in [0.1, 0.15) is 10.4 Å². The van der Waals surface area contributed by atoms with Crippen LogP contribution in [0.5, 0.6) is 5.75 Å². The van der Waals surface area contributed by atoms with Gasteiger partial charge in [-0.25, -0.2) is 4.98 Å². The number of rotatable bonds is 6. The molecule has 0 atom stereocenters. The maximum Gasteiger partial charge on any atom is 0.273 e. The standard InChI is InChI=1S/C22H17N3O2S2/c1-27-17-9-11-19-20(14-17)29-22(24-19)25(23-15-16-6-3-2-4-7-16)21(26)12-10-18-8-5-13-28-18/h2-15H,1H3/b12-10+,23-15+. The topological polar surface area (TPSA) is 54.8 Å². The summed E-state index contributed by atoms with van der Waals surface area (Å²) >= 11 is 2.96. The number of fused-ring (bicyclic) bond motifs is 1. The number of methoxy groups -OCH3 is 1. The summed E-state index contributed by atoms with van der Waals surface area (Å²) < 4.78 is 6.21. The van der Waals surface area contributed by atoms with Gasteiger partial charge in [-0.1, -0.05) is 47.7 Å². The molecule has 2 aromatic carbocycles. The Hall–Kier alpha value is -3.29. The molecule has 4 aromatic rings. The van der Waals surface area contributed by atoms with E-state index in [9.17, 15) is 4.79 Å². The Morgan fingerprint density at radius 1 is 1.14 bits per heavy atom. The molecule has 0 aliphatic carbocycles. The molecular formula is C22H17N3O2S2. The number of nitrogens with zero attached hydrogens (tertiary/aromatic N) is 3. The van der Waals surface area contributed by atoms with Gasteiger partial charge in [-0.2, -0.15) is 10.1 Å². The van der Waals surface area contributed by atoms with Gasteiger partial charge in [-0.15, -0.1) is 11.3 Å². The first-order valence-electron chi connectivity index (χ1n) is 8.82. The zero-order chi connectivity index (χ0) is 20.1. The molecule has 0 aliphatic rings. The smallest absolute Gasteiger partial charge is 0.273 e. The van der Waals surface area contributed by atoms with Gasteiger partial charge < -0.3 is 4.74 Å². The number of hydrogen-bond acceptors (Lipinski definition) is 6. The second kappa shape index (κ2) is 8.81. The zero-order valence-electron chi connectivity index (χ0n) is 15.6. The van der Waals surface area contributed by atoms with Crippen molar-refractivity contribution >= 4 is 56.2 Å². The Kier molecular flexibility index (Phi) is 5.79. The molecule has 0 N–H and O–H groups in total. The first-order valence-corrected chi connectivity index (χ1v) is 10.5. The number of hydrazone groups is 1. The first kappa shape index (κ1) is 19.0. The second-order valence-corrected chi connectivity index (χ2v) is 7.97. The van der Waals surface area contributed by atoms with E-state index in [1.807, 2.05) is 66.0 Å². The Morgan fingerprint density at radius 2 is 2.00 bits per heavy atom. The Balaban J connectivity index is 1.69. The van der Waals surface area contributed by atoms with Gasteiger partial charge >= 0.3 is 0 Å². The molecular weight excluding hydrogens is 402 g/mol. The van der Waals surface area contributed by atoms with E-state index in [2.05, 4.69) is 10.1 Å². The van der Waals surface area contributed by atoms with Crippen molar-refractivity contribution in [3.63, 3.8) is 0 Å². The van der Waals surface area contributed by atoms with E-state index in [4.69, 9.17) is 4.74 Å². The predicted molar refractivity (Wildman–Crippen MR) is 121 cm³/mol. The number of carbonyl (C=O) groups is 1. The van der Waals surface area contributed by atoms with Gasteiger partial charge in [0.25, 0.3) is 5.91 Å². The fourth-order valence-corrected chi connectivity index (χ4v) is 4.16. The van der Waals surface area contributed by atoms with Crippen molar-refractivity contribution < 1.29 is 9.53 Å². The molecule has 0 fully saturated rings. The second-order valence-electron chi connectivity index (χ2n) is 5.98. The number of amides is 1. The van der Waals surface area contributed by atoms with Crippen LogP contribution in [0.4, 0.5) is 5.13 Å². The summed E-state index contributed by atoms with van der Waals surface area (Å²) in [7, 11) is 1.62. The largest absolute Gasteiger partial charge is 0.497 e. The number of benzene rings is 2. The molecule has 0 unspecified atom stereocenters. The molecule has 2 heterocycles. The summed E-state index contributed by atoms with van der Waals surface area (Å²) in [5.41, 5.74) is 1.69. The van der Waals surface area contributed by atoms with Gasteiger partial charge in [0, 0.05) is 11.0 Å². The maximum atomic E-state index is 12.9. The predicted octanol–water partition coefficient (Wildman–Crippen LogP) is 5.45. The van der Waals surface area contributed by atoms with Crippen LogP contribution < -0.4 is 9.75 Å². The van der Waals surface area contributed by atoms with Crippen molar-refractivity contribution in [2.75, 3.05) is 12.1 Å². The average Bonchev–Trinajstić information content (AvgIpc) is 3.42. The van der Waals surface area contributed by atoms with E-state index in [0.29, 0.717) is 5.13 Å². The molecule has 0 saturated carbocycles. The van der Waals surface area contributed by atoms with Crippen LogP contribution in [0, 0.1) is 0 Å². The minimum absolute atomic E-state index is 0.267. The number of hydrogen-bond donors (Lipinski definition) is 0. The van der Waals surface area contributed by atoms with Gasteiger partial charge in [-0.05, 0) is 41.3 Å². The maximum absolute atomic E-state index is 12.9. The molecule has 144 valence electrons. The summed E-state index contributed by atoms with van der Waals surface area (Å²) in [5, 5.41) is 8.23. The van der Waals surface area contributed by atoms with E-state index < -0.39 is 0 Å². The average molecular weight is 420 g/mol. The highest BCUT2D eigenvalue weighted by molar-refractivity contribution is 7.22. The lowest BCUT2D eigenvalue weighted by Gasteiger charge is -2.11. The van der Waals surface area contributed by atoms with Crippen molar-refractivity contribution in [1.29, 1.82) is 0 Å². The molecule has 5 nitrogen and oxygen atoms in total. The summed E-state index contributed by atoms with van der Waals surface area (Å²) in [4.78, 5) is 18.5. The highest BCUT2D eigenvalue weighted by atomic mass is 32.1. The number of ether oxygens (including phenoxy) is 1. The van der Waals surface area contributed by atoms with Crippen LogP contribution in [0.2, 0.25) is 0 Å². The zero-order valence-corrected chi connectivity index (χ0v) is 17.2. The fraction of sp³-hybridized carbons (Fsp3) is 0.0455. The van der Waals surface area contributed by atoms with Crippen molar-refractivity contribution in [2.24, 2.45) is 5.10 Å². The molecule has 0 aliphatic heterocycles. The van der Waals surface area contributed by atoms with Crippen LogP contribution in [-0.4, -0.2) is 24.2 Å². The van der Waals surface area contributed by atoms with E-state index in [-0.39, 0.29) is 5.91 Å². The van der Waals surface area contributed by atoms with Crippen LogP contribution in [0.15, 0.2) is 77.2 Å². The fourth-order valence-electron chi connectivity index (χ4n) is 2.58. The van der Waals surface area contributed by atoms with Crippen molar-refractivity contribution in [1.82, 2.24) is 4.98 Å². The van der Waals surface area contributed by atoms with Crippen molar-refractivity contribution in [3.8, 4) is 5.75 Å². The number of aromatic nitrogens is 1. The van der Waals surface area contributed by atoms with Crippen molar-refractivity contribution in [2.45, 2.75) is 0 Å². The van der Waals surface area contributed by atoms with Crippen molar-refractivity contribution in [3.05, 3.63) is 82.6 Å². The third kappa shape index (κ3) is 4.59. The molecule has 2 aromatic heterocycles. The monoisotopic (exact) mass is 419 g/mol. The molecule has 4 rings (SSSR count).